The second-order valence-corrected chi connectivity index (χ2v) is 3.36. The molecule has 0 spiro atoms. The van der Waals surface area contributed by atoms with Gasteiger partial charge in [0.2, 0.25) is 0 Å². The van der Waals surface area contributed by atoms with E-state index in [9.17, 15) is 0 Å². The van der Waals surface area contributed by atoms with Gasteiger partial charge in [-0.25, -0.2) is 0 Å². The molecule has 0 bridgehead atoms. The van der Waals surface area contributed by atoms with Crippen LogP contribution in [0.1, 0.15) is 11.6 Å². The van der Waals surface area contributed by atoms with Crippen LogP contribution in [-0.4, -0.2) is 11.7 Å². The molecule has 0 saturated carbocycles. The molecule has 2 aromatic rings. The maximum atomic E-state index is 9.02. The second kappa shape index (κ2) is 3.78. The quantitative estimate of drug-likeness (QED) is 0.753. The first-order chi connectivity index (χ1) is 6.83. The van der Waals surface area contributed by atoms with Crippen LogP contribution in [0.4, 0.5) is 0 Å². The third-order valence-electron chi connectivity index (χ3n) is 2.42. The van der Waals surface area contributed by atoms with E-state index in [1.807, 2.05) is 42.5 Å². The lowest BCUT2D eigenvalue weighted by atomic mass is 10.00. The van der Waals surface area contributed by atoms with Gasteiger partial charge < -0.3 is 10.8 Å². The van der Waals surface area contributed by atoms with E-state index in [-0.39, 0.29) is 12.6 Å². The van der Waals surface area contributed by atoms with Crippen molar-refractivity contribution in [2.75, 3.05) is 6.61 Å². The van der Waals surface area contributed by atoms with Gasteiger partial charge in [-0.15, -0.1) is 0 Å². The summed E-state index contributed by atoms with van der Waals surface area (Å²) in [6.45, 7) is -0.0198. The summed E-state index contributed by atoms with van der Waals surface area (Å²) in [7, 11) is 0. The molecule has 14 heavy (non-hydrogen) atoms. The standard InChI is InChI=1S/C12H13NO/c13-12(8-14)11-7-3-5-9-4-1-2-6-10(9)11/h1-7,12,14H,8,13H2. The zero-order valence-corrected chi connectivity index (χ0v) is 7.85. The first-order valence-corrected chi connectivity index (χ1v) is 4.67. The number of hydrogen-bond acceptors (Lipinski definition) is 2. The first kappa shape index (κ1) is 9.19. The van der Waals surface area contributed by atoms with Crippen LogP contribution in [0.5, 0.6) is 0 Å². The van der Waals surface area contributed by atoms with Crippen LogP contribution in [0, 0.1) is 0 Å². The van der Waals surface area contributed by atoms with Crippen LogP contribution in [0.15, 0.2) is 42.5 Å². The van der Waals surface area contributed by atoms with Crippen molar-refractivity contribution in [3.05, 3.63) is 48.0 Å². The van der Waals surface area contributed by atoms with Crippen molar-refractivity contribution in [1.29, 1.82) is 0 Å². The highest BCUT2D eigenvalue weighted by Crippen LogP contribution is 2.22. The van der Waals surface area contributed by atoms with E-state index in [1.54, 1.807) is 0 Å². The van der Waals surface area contributed by atoms with E-state index in [4.69, 9.17) is 10.8 Å². The fourth-order valence-corrected chi connectivity index (χ4v) is 1.67. The topological polar surface area (TPSA) is 46.2 Å². The maximum absolute atomic E-state index is 9.02. The average molecular weight is 187 g/mol. The molecular formula is C12H13NO. The molecule has 2 heteroatoms. The number of hydrogen-bond donors (Lipinski definition) is 2. The van der Waals surface area contributed by atoms with E-state index >= 15 is 0 Å². The molecule has 1 atom stereocenters. The Morgan fingerprint density at radius 1 is 1.07 bits per heavy atom. The van der Waals surface area contributed by atoms with E-state index in [2.05, 4.69) is 0 Å². The van der Waals surface area contributed by atoms with Gasteiger partial charge in [-0.05, 0) is 16.3 Å². The zero-order valence-electron chi connectivity index (χ0n) is 7.85. The molecule has 0 saturated heterocycles. The van der Waals surface area contributed by atoms with Crippen LogP contribution < -0.4 is 5.73 Å². The van der Waals surface area contributed by atoms with E-state index in [1.165, 1.54) is 0 Å². The van der Waals surface area contributed by atoms with Crippen LogP contribution >= 0.6 is 0 Å². The number of benzene rings is 2. The summed E-state index contributed by atoms with van der Waals surface area (Å²) >= 11 is 0. The van der Waals surface area contributed by atoms with Gasteiger partial charge in [-0.2, -0.15) is 0 Å². The lowest BCUT2D eigenvalue weighted by Gasteiger charge is -2.11. The molecule has 0 amide bonds. The predicted molar refractivity (Wildman–Crippen MR) is 58.0 cm³/mol. The Morgan fingerprint density at radius 2 is 1.79 bits per heavy atom. The van der Waals surface area contributed by atoms with Crippen LogP contribution in [0.2, 0.25) is 0 Å². The lowest BCUT2D eigenvalue weighted by molar-refractivity contribution is 0.268. The summed E-state index contributed by atoms with van der Waals surface area (Å²) in [5, 5.41) is 11.3. The minimum atomic E-state index is -0.291. The number of aliphatic hydroxyl groups excluding tert-OH is 1. The van der Waals surface area contributed by atoms with Crippen molar-refractivity contribution in [1.82, 2.24) is 0 Å². The van der Waals surface area contributed by atoms with E-state index in [0.717, 1.165) is 16.3 Å². The van der Waals surface area contributed by atoms with Crippen molar-refractivity contribution in [2.24, 2.45) is 5.73 Å². The molecule has 0 aromatic heterocycles. The van der Waals surface area contributed by atoms with Gasteiger partial charge in [-0.3, -0.25) is 0 Å². The molecule has 0 aliphatic heterocycles. The Hall–Kier alpha value is -1.38. The maximum Gasteiger partial charge on any atom is 0.0624 e. The van der Waals surface area contributed by atoms with Gasteiger partial charge in [0.05, 0.1) is 12.6 Å². The van der Waals surface area contributed by atoms with Gasteiger partial charge in [0.25, 0.3) is 0 Å². The summed E-state index contributed by atoms with van der Waals surface area (Å²) < 4.78 is 0. The van der Waals surface area contributed by atoms with Crippen LogP contribution in [0.25, 0.3) is 10.8 Å². The Balaban J connectivity index is 2.65. The van der Waals surface area contributed by atoms with Gasteiger partial charge >= 0.3 is 0 Å². The third-order valence-corrected chi connectivity index (χ3v) is 2.42. The number of nitrogens with two attached hydrogens (primary N) is 1. The Labute approximate surface area is 83.0 Å². The normalized spacial score (nSPS) is 13.0. The first-order valence-electron chi connectivity index (χ1n) is 4.67. The minimum Gasteiger partial charge on any atom is -0.394 e. The Bertz CT molecular complexity index is 434. The minimum absolute atomic E-state index is 0.0198. The fraction of sp³-hybridized carbons (Fsp3) is 0.167. The lowest BCUT2D eigenvalue weighted by Crippen LogP contribution is -2.14. The monoisotopic (exact) mass is 187 g/mol. The molecule has 2 aromatic carbocycles. The highest BCUT2D eigenvalue weighted by atomic mass is 16.3. The second-order valence-electron chi connectivity index (χ2n) is 3.36. The molecule has 3 N–H and O–H groups in total. The molecule has 0 radical (unpaired) electrons. The summed E-state index contributed by atoms with van der Waals surface area (Å²) in [4.78, 5) is 0. The summed E-state index contributed by atoms with van der Waals surface area (Å²) in [6, 6.07) is 13.7. The molecule has 0 heterocycles. The van der Waals surface area contributed by atoms with Crippen molar-refractivity contribution in [3.63, 3.8) is 0 Å². The Morgan fingerprint density at radius 3 is 2.57 bits per heavy atom. The largest absolute Gasteiger partial charge is 0.394 e. The van der Waals surface area contributed by atoms with Gasteiger partial charge in [-0.1, -0.05) is 42.5 Å². The van der Waals surface area contributed by atoms with Gasteiger partial charge in [0.1, 0.15) is 0 Å². The molecule has 0 aliphatic carbocycles. The number of rotatable bonds is 2. The number of aliphatic hydroxyl groups is 1. The molecule has 1 unspecified atom stereocenters. The predicted octanol–water partition coefficient (Wildman–Crippen LogP) is 1.83. The molecule has 2 nitrogen and oxygen atoms in total. The molecule has 0 fully saturated rings. The fourth-order valence-electron chi connectivity index (χ4n) is 1.67. The molecule has 72 valence electrons. The molecule has 0 aliphatic rings. The van der Waals surface area contributed by atoms with Crippen molar-refractivity contribution in [3.8, 4) is 0 Å². The smallest absolute Gasteiger partial charge is 0.0624 e. The van der Waals surface area contributed by atoms with Gasteiger partial charge in [0, 0.05) is 0 Å². The van der Waals surface area contributed by atoms with Gasteiger partial charge in [0.15, 0.2) is 0 Å². The number of fused-ring (bicyclic) bond motifs is 1. The molecular weight excluding hydrogens is 174 g/mol. The average Bonchev–Trinajstić information content (AvgIpc) is 2.27. The summed E-state index contributed by atoms with van der Waals surface area (Å²) in [6.07, 6.45) is 0. The van der Waals surface area contributed by atoms with Crippen LogP contribution in [0.3, 0.4) is 0 Å². The Kier molecular flexibility index (Phi) is 2.48. The summed E-state index contributed by atoms with van der Waals surface area (Å²) in [5.41, 5.74) is 6.82. The highest BCUT2D eigenvalue weighted by molar-refractivity contribution is 5.86. The van der Waals surface area contributed by atoms with Crippen molar-refractivity contribution in [2.45, 2.75) is 6.04 Å². The van der Waals surface area contributed by atoms with E-state index < -0.39 is 0 Å². The summed E-state index contributed by atoms with van der Waals surface area (Å²) in [5.74, 6) is 0. The highest BCUT2D eigenvalue weighted by Gasteiger charge is 2.07. The zero-order chi connectivity index (χ0) is 9.97. The SMILES string of the molecule is NC(CO)c1cccc2ccccc12. The third kappa shape index (κ3) is 1.50. The van der Waals surface area contributed by atoms with Crippen LogP contribution in [-0.2, 0) is 0 Å². The van der Waals surface area contributed by atoms with E-state index in [0.29, 0.717) is 0 Å². The van der Waals surface area contributed by atoms with Crippen molar-refractivity contribution >= 4 is 10.8 Å². The van der Waals surface area contributed by atoms with Crippen molar-refractivity contribution < 1.29 is 5.11 Å². The molecule has 2 rings (SSSR count).